The van der Waals surface area contributed by atoms with Crippen LogP contribution in [0.2, 0.25) is 19.6 Å². The molecule has 9 heteroatoms. The summed E-state index contributed by atoms with van der Waals surface area (Å²) >= 11 is 0. The number of fused-ring (bicyclic) bond motifs is 6. The minimum Gasteiger partial charge on any atom is -0.486 e. The molecule has 1 unspecified atom stereocenters. The number of nitrogens with zero attached hydrogens (tertiary/aromatic N) is 5. The molecule has 0 aliphatic heterocycles. The zero-order valence-electron chi connectivity index (χ0n) is 35.1. The van der Waals surface area contributed by atoms with Crippen molar-refractivity contribution in [3.05, 3.63) is 114 Å². The average Bonchev–Trinajstić information content (AvgIpc) is 3.72. The fourth-order valence-corrected chi connectivity index (χ4v) is 7.98. The minimum absolute atomic E-state index is 0. The van der Waals surface area contributed by atoms with E-state index in [2.05, 4.69) is 112 Å². The summed E-state index contributed by atoms with van der Waals surface area (Å²) < 4.78 is 44.8. The maximum atomic E-state index is 13.0. The number of hydrogen-bond donors (Lipinski definition) is 0. The molecule has 5 aromatic heterocycles. The summed E-state index contributed by atoms with van der Waals surface area (Å²) in [5.41, 5.74) is 8.82. The molecule has 0 amide bonds. The summed E-state index contributed by atoms with van der Waals surface area (Å²) in [6.07, 6.45) is 1.65. The Kier molecular flexibility index (Phi) is 9.72. The number of halogens is 1. The number of benzene rings is 3. The topological polar surface area (TPSA) is 69.6 Å². The number of imidazole rings is 1. The smallest absolute Gasteiger partial charge is 0.216 e. The predicted molar refractivity (Wildman–Crippen MR) is 219 cm³/mol. The second-order valence-electron chi connectivity index (χ2n) is 15.8. The van der Waals surface area contributed by atoms with Crippen LogP contribution in [0.15, 0.2) is 83.4 Å². The van der Waals surface area contributed by atoms with Crippen molar-refractivity contribution in [2.75, 3.05) is 0 Å². The fraction of sp³-hybridized carbons (Fsp3) is 0.289. The standard InChI is InChI=1S/C30H29N4O.C15H17FNSi.Ir/c1-7-34-26-24(15-13-19-12-11-17(2)31-25(19)26)32-28(34)22-10-8-9-20-21-14-16-23(18(3)30(4,5)6)33-29(21)35-27(20)22;1-11-9-14(12-5-7-13(16)8-6-12)17-10-15(11)18(2,3)4;/h8-9,11-16,18H,7H2,1-6H3;5,7-10H,1-4H3;/q2*-1;/i;1D3;. The van der Waals surface area contributed by atoms with Gasteiger partial charge in [-0.2, -0.15) is 0 Å². The number of aromatic nitrogens is 5. The van der Waals surface area contributed by atoms with Crippen molar-refractivity contribution in [1.29, 1.82) is 0 Å². The molecule has 6 nitrogen and oxygen atoms in total. The van der Waals surface area contributed by atoms with E-state index in [1.807, 2.05) is 19.1 Å². The van der Waals surface area contributed by atoms with Crippen molar-refractivity contribution in [3.8, 4) is 22.6 Å². The van der Waals surface area contributed by atoms with Crippen molar-refractivity contribution < 1.29 is 33.0 Å². The summed E-state index contributed by atoms with van der Waals surface area (Å²) in [6.45, 7) is 17.9. The summed E-state index contributed by atoms with van der Waals surface area (Å²) in [4.78, 5) is 19.2. The Morgan fingerprint density at radius 2 is 1.74 bits per heavy atom. The van der Waals surface area contributed by atoms with Crippen molar-refractivity contribution in [1.82, 2.24) is 24.5 Å². The van der Waals surface area contributed by atoms with Crippen LogP contribution >= 0.6 is 0 Å². The van der Waals surface area contributed by atoms with E-state index in [-0.39, 0.29) is 31.3 Å². The summed E-state index contributed by atoms with van der Waals surface area (Å²) in [5, 5.41) is 3.99. The molecule has 0 N–H and O–H groups in total. The molecule has 0 bridgehead atoms. The van der Waals surface area contributed by atoms with E-state index in [0.717, 1.165) is 72.8 Å². The number of aryl methyl sites for hydroxylation is 3. The molecule has 3 aromatic carbocycles. The quantitative estimate of drug-likeness (QED) is 0.127. The molecule has 0 saturated carbocycles. The Bertz CT molecular complexity index is 2750. The van der Waals surface area contributed by atoms with Gasteiger partial charge in [-0.15, -0.1) is 48.0 Å². The van der Waals surface area contributed by atoms with Gasteiger partial charge < -0.3 is 14.0 Å². The first-order valence-corrected chi connectivity index (χ1v) is 21.5. The normalized spacial score (nSPS) is 13.6. The van der Waals surface area contributed by atoms with Crippen LogP contribution in [0, 0.1) is 37.1 Å². The first-order valence-electron chi connectivity index (χ1n) is 19.5. The van der Waals surface area contributed by atoms with Crippen LogP contribution in [0.1, 0.15) is 61.6 Å². The Morgan fingerprint density at radius 3 is 2.43 bits per heavy atom. The molecule has 0 aliphatic rings. The van der Waals surface area contributed by atoms with Gasteiger partial charge in [0.25, 0.3) is 0 Å². The predicted octanol–water partition coefficient (Wildman–Crippen LogP) is 11.4. The molecule has 0 saturated heterocycles. The number of pyridine rings is 3. The van der Waals surface area contributed by atoms with E-state index < -0.39 is 14.9 Å². The average molecular weight is 915 g/mol. The summed E-state index contributed by atoms with van der Waals surface area (Å²) in [6, 6.07) is 28.5. The number of rotatable bonds is 5. The Morgan fingerprint density at radius 1 is 0.963 bits per heavy atom. The van der Waals surface area contributed by atoms with E-state index >= 15 is 0 Å². The van der Waals surface area contributed by atoms with E-state index in [1.165, 1.54) is 12.1 Å². The molecule has 0 aliphatic carbocycles. The maximum Gasteiger partial charge on any atom is 0.216 e. The van der Waals surface area contributed by atoms with Crippen LogP contribution in [0.25, 0.3) is 66.7 Å². The van der Waals surface area contributed by atoms with Crippen molar-refractivity contribution in [2.45, 2.75) is 80.5 Å². The van der Waals surface area contributed by atoms with Crippen molar-refractivity contribution in [2.24, 2.45) is 5.41 Å². The molecule has 279 valence electrons. The third kappa shape index (κ3) is 7.42. The van der Waals surface area contributed by atoms with E-state index in [1.54, 1.807) is 18.3 Å². The second-order valence-corrected chi connectivity index (χ2v) is 20.8. The Balaban J connectivity index is 0.000000215. The monoisotopic (exact) mass is 915 g/mol. The zero-order chi connectivity index (χ0) is 40.3. The van der Waals surface area contributed by atoms with Crippen molar-refractivity contribution in [3.63, 3.8) is 0 Å². The van der Waals surface area contributed by atoms with Gasteiger partial charge >= 0.3 is 0 Å². The molecular formula is C45H46FIrN5OSi-2. The first kappa shape index (κ1) is 35.2. The maximum absolute atomic E-state index is 13.0. The summed E-state index contributed by atoms with van der Waals surface area (Å²) in [7, 11) is -1.81. The van der Waals surface area contributed by atoms with Crippen LogP contribution in [0.3, 0.4) is 0 Å². The van der Waals surface area contributed by atoms with Gasteiger partial charge in [-0.05, 0) is 61.3 Å². The minimum atomic E-state index is -2.19. The van der Waals surface area contributed by atoms with Gasteiger partial charge in [0, 0.05) is 70.9 Å². The molecule has 8 aromatic rings. The van der Waals surface area contributed by atoms with Gasteiger partial charge in [0.05, 0.1) is 36.0 Å². The largest absolute Gasteiger partial charge is 0.486 e. The van der Waals surface area contributed by atoms with Gasteiger partial charge in [-0.3, -0.25) is 14.4 Å². The second kappa shape index (κ2) is 14.9. The summed E-state index contributed by atoms with van der Waals surface area (Å²) in [5.74, 6) is 0.763. The van der Waals surface area contributed by atoms with E-state index in [4.69, 9.17) is 23.5 Å². The molecule has 54 heavy (non-hydrogen) atoms. The SMILES string of the molecule is CCn1c(-c2[c-]ccc3c2oc2nc(C(C)C(C)(C)C)ccc23)nc2ccc3ccc(C)nc3c21.[2H]C([2H])([2H])c1cc(-c2[c-]cc(F)cc2)ncc1[Si](C)(C)C.[Ir]. The number of hydrogen-bond acceptors (Lipinski definition) is 5. The van der Waals surface area contributed by atoms with Crippen LogP contribution < -0.4 is 5.19 Å². The van der Waals surface area contributed by atoms with Crippen LogP contribution in [-0.4, -0.2) is 32.6 Å². The fourth-order valence-electron chi connectivity index (χ4n) is 6.65. The molecule has 1 atom stereocenters. The van der Waals surface area contributed by atoms with Gasteiger partial charge in [-0.25, -0.2) is 4.98 Å². The number of furan rings is 1. The third-order valence-electron chi connectivity index (χ3n) is 10.1. The van der Waals surface area contributed by atoms with E-state index in [9.17, 15) is 4.39 Å². The van der Waals surface area contributed by atoms with Gasteiger partial charge in [0.15, 0.2) is 0 Å². The molecule has 0 fully saturated rings. The molecule has 8 rings (SSSR count). The van der Waals surface area contributed by atoms with E-state index in [0.29, 0.717) is 28.5 Å². The van der Waals surface area contributed by atoms with Crippen LogP contribution in [0.5, 0.6) is 0 Å². The molecule has 1 radical (unpaired) electrons. The molecular weight excluding hydrogens is 866 g/mol. The molecule has 0 spiro atoms. The van der Waals surface area contributed by atoms with Gasteiger partial charge in [0.1, 0.15) is 0 Å². The van der Waals surface area contributed by atoms with Crippen molar-refractivity contribution >= 4 is 57.3 Å². The Labute approximate surface area is 335 Å². The first-order chi connectivity index (χ1) is 26.3. The van der Waals surface area contributed by atoms with Gasteiger partial charge in [0.2, 0.25) is 5.71 Å². The third-order valence-corrected chi connectivity index (χ3v) is 12.1. The van der Waals surface area contributed by atoms with Crippen LogP contribution in [-0.2, 0) is 26.7 Å². The van der Waals surface area contributed by atoms with Crippen LogP contribution in [0.4, 0.5) is 4.39 Å². The zero-order valence-corrected chi connectivity index (χ0v) is 35.5. The molecule has 5 heterocycles. The van der Waals surface area contributed by atoms with Gasteiger partial charge in [-0.1, -0.05) is 82.0 Å². The Hall–Kier alpha value is -4.56.